The fourth-order valence-electron chi connectivity index (χ4n) is 2.96. The van der Waals surface area contributed by atoms with Crippen molar-refractivity contribution in [2.24, 2.45) is 5.41 Å². The molecule has 1 aliphatic carbocycles. The van der Waals surface area contributed by atoms with E-state index >= 15 is 0 Å². The Balaban J connectivity index is 1.74. The maximum absolute atomic E-state index is 12.6. The molecule has 0 saturated heterocycles. The molecule has 1 aromatic carbocycles. The van der Waals surface area contributed by atoms with Crippen molar-refractivity contribution < 1.29 is 4.79 Å². The van der Waals surface area contributed by atoms with E-state index in [0.29, 0.717) is 5.91 Å². The van der Waals surface area contributed by atoms with E-state index in [-0.39, 0.29) is 5.41 Å². The highest BCUT2D eigenvalue weighted by Crippen LogP contribution is 2.47. The molecule has 96 valence electrons. The lowest BCUT2D eigenvalue weighted by molar-refractivity contribution is -0.137. The zero-order chi connectivity index (χ0) is 12.6. The zero-order valence-corrected chi connectivity index (χ0v) is 10.9. The van der Waals surface area contributed by atoms with Crippen LogP contribution in [0.2, 0.25) is 0 Å². The van der Waals surface area contributed by atoms with Crippen molar-refractivity contribution in [2.75, 3.05) is 20.1 Å². The number of amides is 1. The Hall–Kier alpha value is -1.35. The number of hydrogen-bond acceptors (Lipinski definition) is 2. The molecule has 3 heteroatoms. The van der Waals surface area contributed by atoms with E-state index in [1.807, 2.05) is 11.9 Å². The van der Waals surface area contributed by atoms with E-state index in [0.717, 1.165) is 38.9 Å². The molecule has 1 fully saturated rings. The smallest absolute Gasteiger partial charge is 0.230 e. The summed E-state index contributed by atoms with van der Waals surface area (Å²) < 4.78 is 0. The van der Waals surface area contributed by atoms with Crippen molar-refractivity contribution in [1.82, 2.24) is 10.2 Å². The van der Waals surface area contributed by atoms with Gasteiger partial charge in [0.05, 0.1) is 5.41 Å². The monoisotopic (exact) mass is 244 g/mol. The molecule has 0 aromatic heterocycles. The molecule has 1 N–H and O–H groups in total. The molecule has 0 unspecified atom stereocenters. The summed E-state index contributed by atoms with van der Waals surface area (Å²) in [5.41, 5.74) is 2.64. The lowest BCUT2D eigenvalue weighted by atomic mass is 9.97. The molecule has 0 atom stereocenters. The second-order valence-electron chi connectivity index (χ2n) is 5.56. The first-order valence-corrected chi connectivity index (χ1v) is 6.76. The minimum Gasteiger partial charge on any atom is -0.338 e. The number of rotatable bonds is 3. The Labute approximate surface area is 108 Å². The second-order valence-corrected chi connectivity index (χ2v) is 5.56. The summed E-state index contributed by atoms with van der Waals surface area (Å²) in [6.45, 7) is 2.49. The third-order valence-electron chi connectivity index (χ3n) is 4.24. The predicted octanol–water partition coefficient (Wildman–Crippen LogP) is 1.57. The molecule has 1 aliphatic heterocycles. The molecule has 1 heterocycles. The van der Waals surface area contributed by atoms with Gasteiger partial charge in [0.15, 0.2) is 0 Å². The highest BCUT2D eigenvalue weighted by Gasteiger charge is 2.51. The Morgan fingerprint density at radius 1 is 1.33 bits per heavy atom. The summed E-state index contributed by atoms with van der Waals surface area (Å²) in [6.07, 6.45) is 3.09. The third-order valence-corrected chi connectivity index (χ3v) is 4.24. The van der Waals surface area contributed by atoms with Gasteiger partial charge in [0.25, 0.3) is 0 Å². The van der Waals surface area contributed by atoms with Crippen LogP contribution >= 0.6 is 0 Å². The SMILES string of the molecule is CNCC1(C(=O)N2CCc3ccccc3C2)CC1. The summed E-state index contributed by atoms with van der Waals surface area (Å²) in [4.78, 5) is 14.6. The van der Waals surface area contributed by atoms with Crippen molar-refractivity contribution in [3.63, 3.8) is 0 Å². The number of carbonyl (C=O) groups excluding carboxylic acids is 1. The van der Waals surface area contributed by atoms with Crippen molar-refractivity contribution in [1.29, 1.82) is 0 Å². The molecule has 0 radical (unpaired) electrons. The highest BCUT2D eigenvalue weighted by molar-refractivity contribution is 5.86. The lowest BCUT2D eigenvalue weighted by Crippen LogP contribution is -2.43. The Morgan fingerprint density at radius 3 is 2.72 bits per heavy atom. The minimum atomic E-state index is -0.0823. The first-order chi connectivity index (χ1) is 8.75. The van der Waals surface area contributed by atoms with Crippen LogP contribution in [-0.2, 0) is 17.8 Å². The average molecular weight is 244 g/mol. The van der Waals surface area contributed by atoms with Gasteiger partial charge in [0, 0.05) is 19.6 Å². The molecule has 3 nitrogen and oxygen atoms in total. The van der Waals surface area contributed by atoms with Crippen LogP contribution in [0.1, 0.15) is 24.0 Å². The van der Waals surface area contributed by atoms with Crippen LogP contribution in [0.25, 0.3) is 0 Å². The van der Waals surface area contributed by atoms with Gasteiger partial charge in [-0.15, -0.1) is 0 Å². The van der Waals surface area contributed by atoms with Gasteiger partial charge in [-0.3, -0.25) is 4.79 Å². The molecular formula is C15H20N2O. The number of carbonyl (C=O) groups is 1. The highest BCUT2D eigenvalue weighted by atomic mass is 16.2. The number of nitrogens with zero attached hydrogens (tertiary/aromatic N) is 1. The molecule has 18 heavy (non-hydrogen) atoms. The van der Waals surface area contributed by atoms with Gasteiger partial charge in [0.1, 0.15) is 0 Å². The van der Waals surface area contributed by atoms with Gasteiger partial charge in [-0.05, 0) is 37.4 Å². The largest absolute Gasteiger partial charge is 0.338 e. The Kier molecular flexibility index (Phi) is 2.86. The van der Waals surface area contributed by atoms with Crippen molar-refractivity contribution in [3.8, 4) is 0 Å². The van der Waals surface area contributed by atoms with Crippen LogP contribution in [0, 0.1) is 5.41 Å². The third kappa shape index (κ3) is 1.93. The molecule has 1 aromatic rings. The Morgan fingerprint density at radius 2 is 2.06 bits per heavy atom. The second kappa shape index (κ2) is 4.39. The summed E-state index contributed by atoms with van der Waals surface area (Å²) in [5, 5.41) is 3.16. The Bertz CT molecular complexity index is 465. The van der Waals surface area contributed by atoms with Gasteiger partial charge in [-0.2, -0.15) is 0 Å². The molecule has 2 aliphatic rings. The molecule has 0 bridgehead atoms. The van der Waals surface area contributed by atoms with Gasteiger partial charge in [-0.1, -0.05) is 24.3 Å². The zero-order valence-electron chi connectivity index (χ0n) is 10.9. The molecule has 3 rings (SSSR count). The maximum Gasteiger partial charge on any atom is 0.230 e. The van der Waals surface area contributed by atoms with Crippen molar-refractivity contribution in [3.05, 3.63) is 35.4 Å². The van der Waals surface area contributed by atoms with Crippen molar-refractivity contribution >= 4 is 5.91 Å². The number of nitrogens with one attached hydrogen (secondary N) is 1. The van der Waals surface area contributed by atoms with Crippen LogP contribution in [-0.4, -0.2) is 30.9 Å². The predicted molar refractivity (Wildman–Crippen MR) is 71.2 cm³/mol. The van der Waals surface area contributed by atoms with E-state index in [1.54, 1.807) is 0 Å². The number of hydrogen-bond donors (Lipinski definition) is 1. The van der Waals surface area contributed by atoms with E-state index < -0.39 is 0 Å². The standard InChI is InChI=1S/C15H20N2O/c1-16-11-15(7-8-15)14(18)17-9-6-12-4-2-3-5-13(12)10-17/h2-5,16H,6-11H2,1H3. The quantitative estimate of drug-likeness (QED) is 0.875. The molecule has 0 spiro atoms. The number of fused-ring (bicyclic) bond motifs is 1. The molecule has 1 amide bonds. The fraction of sp³-hybridized carbons (Fsp3) is 0.533. The van der Waals surface area contributed by atoms with Crippen molar-refractivity contribution in [2.45, 2.75) is 25.8 Å². The minimum absolute atomic E-state index is 0.0823. The van der Waals surface area contributed by atoms with Gasteiger partial charge < -0.3 is 10.2 Å². The summed E-state index contributed by atoms with van der Waals surface area (Å²) in [6, 6.07) is 8.47. The van der Waals surface area contributed by atoms with E-state index in [9.17, 15) is 4.79 Å². The summed E-state index contributed by atoms with van der Waals surface area (Å²) >= 11 is 0. The van der Waals surface area contributed by atoms with Gasteiger partial charge in [-0.25, -0.2) is 0 Å². The van der Waals surface area contributed by atoms with Crippen LogP contribution < -0.4 is 5.32 Å². The van der Waals surface area contributed by atoms with E-state index in [4.69, 9.17) is 0 Å². The van der Waals surface area contributed by atoms with Crippen LogP contribution in [0.4, 0.5) is 0 Å². The van der Waals surface area contributed by atoms with Crippen LogP contribution in [0.3, 0.4) is 0 Å². The van der Waals surface area contributed by atoms with Gasteiger partial charge >= 0.3 is 0 Å². The average Bonchev–Trinajstić information content (AvgIpc) is 3.19. The normalized spacial score (nSPS) is 20.4. The summed E-state index contributed by atoms with van der Waals surface area (Å²) in [7, 11) is 1.93. The lowest BCUT2D eigenvalue weighted by Gasteiger charge is -2.32. The first kappa shape index (κ1) is 11.7. The molecule has 1 saturated carbocycles. The maximum atomic E-state index is 12.6. The number of benzene rings is 1. The fourth-order valence-corrected chi connectivity index (χ4v) is 2.96. The first-order valence-electron chi connectivity index (χ1n) is 6.76. The van der Waals surface area contributed by atoms with Gasteiger partial charge in [0.2, 0.25) is 5.91 Å². The van der Waals surface area contributed by atoms with E-state index in [2.05, 4.69) is 29.6 Å². The topological polar surface area (TPSA) is 32.3 Å². The van der Waals surface area contributed by atoms with Crippen LogP contribution in [0.15, 0.2) is 24.3 Å². The molecular weight excluding hydrogens is 224 g/mol. The van der Waals surface area contributed by atoms with E-state index in [1.165, 1.54) is 11.1 Å². The van der Waals surface area contributed by atoms with Crippen LogP contribution in [0.5, 0.6) is 0 Å². The summed E-state index contributed by atoms with van der Waals surface area (Å²) in [5.74, 6) is 0.353.